The van der Waals surface area contributed by atoms with Gasteiger partial charge in [-0.2, -0.15) is 0 Å². The monoisotopic (exact) mass is 248 g/mol. The molecule has 0 amide bonds. The second-order valence-corrected chi connectivity index (χ2v) is 5.12. The molecule has 0 bridgehead atoms. The van der Waals surface area contributed by atoms with Gasteiger partial charge < -0.3 is 15.7 Å². The number of carbonyl (C=O) groups is 1. The predicted molar refractivity (Wildman–Crippen MR) is 71.7 cm³/mol. The molecular weight excluding hydrogens is 228 g/mol. The molecule has 1 fully saturated rings. The molecule has 1 saturated heterocycles. The Bertz CT molecular complexity index is 434. The average molecular weight is 248 g/mol. The van der Waals surface area contributed by atoms with Crippen molar-refractivity contribution >= 4 is 11.7 Å². The molecule has 0 aliphatic carbocycles. The number of anilines is 1. The maximum absolute atomic E-state index is 10.7. The summed E-state index contributed by atoms with van der Waals surface area (Å²) in [6.45, 7) is 3.97. The number of nitrogens with two attached hydrogens (primary N) is 1. The van der Waals surface area contributed by atoms with Crippen LogP contribution in [0, 0.1) is 12.8 Å². The van der Waals surface area contributed by atoms with Gasteiger partial charge in [0, 0.05) is 18.8 Å². The third kappa shape index (κ3) is 3.01. The summed E-state index contributed by atoms with van der Waals surface area (Å²) in [6, 6.07) is 7.68. The Labute approximate surface area is 107 Å². The molecule has 18 heavy (non-hydrogen) atoms. The number of nitrogens with zero attached hydrogens (tertiary/aromatic N) is 1. The molecule has 2 unspecified atom stereocenters. The molecule has 1 aromatic carbocycles. The number of rotatable bonds is 4. The fourth-order valence-corrected chi connectivity index (χ4v) is 2.54. The topological polar surface area (TPSA) is 66.6 Å². The van der Waals surface area contributed by atoms with Crippen LogP contribution in [0.4, 0.5) is 5.69 Å². The maximum atomic E-state index is 10.7. The van der Waals surface area contributed by atoms with Gasteiger partial charge in [-0.05, 0) is 43.4 Å². The first-order valence-electron chi connectivity index (χ1n) is 6.36. The lowest BCUT2D eigenvalue weighted by molar-refractivity contribution is -0.138. The molecule has 98 valence electrons. The molecule has 2 atom stereocenters. The van der Waals surface area contributed by atoms with E-state index in [1.165, 1.54) is 11.3 Å². The van der Waals surface area contributed by atoms with Crippen LogP contribution in [0.1, 0.15) is 18.4 Å². The highest BCUT2D eigenvalue weighted by Crippen LogP contribution is 2.26. The van der Waals surface area contributed by atoms with Gasteiger partial charge in [-0.25, -0.2) is 0 Å². The van der Waals surface area contributed by atoms with Gasteiger partial charge in [0.15, 0.2) is 0 Å². The second-order valence-electron chi connectivity index (χ2n) is 5.12. The van der Waals surface area contributed by atoms with Gasteiger partial charge in [0.25, 0.3) is 0 Å². The minimum absolute atomic E-state index is 0.386. The zero-order chi connectivity index (χ0) is 13.1. The van der Waals surface area contributed by atoms with Crippen molar-refractivity contribution in [3.05, 3.63) is 29.8 Å². The minimum Gasteiger partial charge on any atom is -0.480 e. The normalized spacial score (nSPS) is 21.0. The van der Waals surface area contributed by atoms with E-state index in [0.717, 1.165) is 19.5 Å². The van der Waals surface area contributed by atoms with Crippen LogP contribution >= 0.6 is 0 Å². The van der Waals surface area contributed by atoms with Gasteiger partial charge in [-0.1, -0.05) is 12.1 Å². The molecule has 1 aliphatic rings. The number of carboxylic acids is 1. The van der Waals surface area contributed by atoms with Crippen LogP contribution in [-0.4, -0.2) is 30.2 Å². The van der Waals surface area contributed by atoms with Crippen molar-refractivity contribution < 1.29 is 9.90 Å². The molecule has 0 radical (unpaired) electrons. The zero-order valence-electron chi connectivity index (χ0n) is 10.7. The van der Waals surface area contributed by atoms with Gasteiger partial charge in [0.05, 0.1) is 0 Å². The van der Waals surface area contributed by atoms with Crippen molar-refractivity contribution in [2.75, 3.05) is 18.0 Å². The molecule has 2 rings (SSSR count). The van der Waals surface area contributed by atoms with E-state index in [4.69, 9.17) is 10.8 Å². The standard InChI is InChI=1S/C14H20N2O2/c1-10-3-2-4-12(7-10)16-6-5-11(9-16)8-13(15)14(17)18/h2-4,7,11,13H,5-6,8-9,15H2,1H3,(H,17,18). The van der Waals surface area contributed by atoms with Crippen molar-refractivity contribution in [1.29, 1.82) is 0 Å². The maximum Gasteiger partial charge on any atom is 0.320 e. The SMILES string of the molecule is Cc1cccc(N2CCC(CC(N)C(=O)O)C2)c1. The van der Waals surface area contributed by atoms with Crippen molar-refractivity contribution in [3.63, 3.8) is 0 Å². The third-order valence-electron chi connectivity index (χ3n) is 3.56. The van der Waals surface area contributed by atoms with Crippen LogP contribution in [0.3, 0.4) is 0 Å². The summed E-state index contributed by atoms with van der Waals surface area (Å²) in [5.41, 5.74) is 8.06. The lowest BCUT2D eigenvalue weighted by Gasteiger charge is -2.19. The number of hydrogen-bond donors (Lipinski definition) is 2. The van der Waals surface area contributed by atoms with E-state index in [2.05, 4.69) is 36.1 Å². The first kappa shape index (κ1) is 12.9. The highest BCUT2D eigenvalue weighted by Gasteiger charge is 2.26. The lowest BCUT2D eigenvalue weighted by Crippen LogP contribution is -2.33. The number of hydrogen-bond acceptors (Lipinski definition) is 3. The molecule has 0 saturated carbocycles. The Kier molecular flexibility index (Phi) is 3.87. The number of benzene rings is 1. The van der Waals surface area contributed by atoms with E-state index in [0.29, 0.717) is 12.3 Å². The summed E-state index contributed by atoms with van der Waals surface area (Å²) < 4.78 is 0. The number of aliphatic carboxylic acids is 1. The first-order valence-corrected chi connectivity index (χ1v) is 6.36. The summed E-state index contributed by atoms with van der Waals surface area (Å²) in [7, 11) is 0. The van der Waals surface area contributed by atoms with E-state index in [1.807, 2.05) is 0 Å². The smallest absolute Gasteiger partial charge is 0.320 e. The van der Waals surface area contributed by atoms with Crippen LogP contribution in [0.15, 0.2) is 24.3 Å². The molecule has 1 aliphatic heterocycles. The molecule has 4 heteroatoms. The molecule has 0 aromatic heterocycles. The Morgan fingerprint density at radius 3 is 3.06 bits per heavy atom. The summed E-state index contributed by atoms with van der Waals surface area (Å²) in [5, 5.41) is 8.82. The summed E-state index contributed by atoms with van der Waals surface area (Å²) in [6.07, 6.45) is 1.59. The van der Waals surface area contributed by atoms with Crippen molar-refractivity contribution in [1.82, 2.24) is 0 Å². The molecule has 4 nitrogen and oxygen atoms in total. The van der Waals surface area contributed by atoms with E-state index in [1.54, 1.807) is 0 Å². The summed E-state index contributed by atoms with van der Waals surface area (Å²) >= 11 is 0. The highest BCUT2D eigenvalue weighted by molar-refractivity contribution is 5.73. The number of aryl methyl sites for hydroxylation is 1. The van der Waals surface area contributed by atoms with Gasteiger partial charge >= 0.3 is 5.97 Å². The van der Waals surface area contributed by atoms with E-state index in [9.17, 15) is 4.79 Å². The number of carboxylic acid groups (broad SMARTS) is 1. The van der Waals surface area contributed by atoms with E-state index >= 15 is 0 Å². The van der Waals surface area contributed by atoms with Crippen LogP contribution in [-0.2, 0) is 4.79 Å². The van der Waals surface area contributed by atoms with Crippen LogP contribution in [0.2, 0.25) is 0 Å². The Balaban J connectivity index is 1.94. The van der Waals surface area contributed by atoms with Gasteiger partial charge in [-0.15, -0.1) is 0 Å². The zero-order valence-corrected chi connectivity index (χ0v) is 10.7. The Morgan fingerprint density at radius 2 is 2.39 bits per heavy atom. The van der Waals surface area contributed by atoms with Crippen LogP contribution in [0.25, 0.3) is 0 Å². The van der Waals surface area contributed by atoms with E-state index in [-0.39, 0.29) is 0 Å². The van der Waals surface area contributed by atoms with Crippen molar-refractivity contribution in [2.24, 2.45) is 11.7 Å². The highest BCUT2D eigenvalue weighted by atomic mass is 16.4. The molecule has 3 N–H and O–H groups in total. The van der Waals surface area contributed by atoms with Crippen molar-refractivity contribution in [3.8, 4) is 0 Å². The Morgan fingerprint density at radius 1 is 1.61 bits per heavy atom. The summed E-state index contributed by atoms with van der Waals surface area (Å²) in [5.74, 6) is -0.513. The third-order valence-corrected chi connectivity index (χ3v) is 3.56. The van der Waals surface area contributed by atoms with Crippen molar-refractivity contribution in [2.45, 2.75) is 25.8 Å². The average Bonchev–Trinajstić information content (AvgIpc) is 2.77. The van der Waals surface area contributed by atoms with Crippen LogP contribution < -0.4 is 10.6 Å². The molecule has 1 aromatic rings. The van der Waals surface area contributed by atoms with Gasteiger partial charge in [0.2, 0.25) is 0 Å². The quantitative estimate of drug-likeness (QED) is 0.849. The largest absolute Gasteiger partial charge is 0.480 e. The fraction of sp³-hybridized carbons (Fsp3) is 0.500. The lowest BCUT2D eigenvalue weighted by atomic mass is 10.00. The predicted octanol–water partition coefficient (Wildman–Crippen LogP) is 1.62. The second kappa shape index (κ2) is 5.40. The fourth-order valence-electron chi connectivity index (χ4n) is 2.54. The van der Waals surface area contributed by atoms with Crippen LogP contribution in [0.5, 0.6) is 0 Å². The van der Waals surface area contributed by atoms with E-state index < -0.39 is 12.0 Å². The molecule has 0 spiro atoms. The van der Waals surface area contributed by atoms with Gasteiger partial charge in [0.1, 0.15) is 6.04 Å². The Hall–Kier alpha value is -1.55. The summed E-state index contributed by atoms with van der Waals surface area (Å²) in [4.78, 5) is 13.1. The van der Waals surface area contributed by atoms with Gasteiger partial charge in [-0.3, -0.25) is 4.79 Å². The molecular formula is C14H20N2O2. The minimum atomic E-state index is -0.899. The first-order chi connectivity index (χ1) is 8.56. The molecule has 1 heterocycles.